The Morgan fingerprint density at radius 2 is 2.21 bits per heavy atom. The molecule has 6 nitrogen and oxygen atoms in total. The van der Waals surface area contributed by atoms with Crippen LogP contribution in [0.15, 0.2) is 28.8 Å². The lowest BCUT2D eigenvalue weighted by molar-refractivity contribution is -0.142. The van der Waals surface area contributed by atoms with Crippen LogP contribution in [0.25, 0.3) is 0 Å². The Kier molecular flexibility index (Phi) is 4.48. The Labute approximate surface area is 114 Å². The summed E-state index contributed by atoms with van der Waals surface area (Å²) >= 11 is 6.02. The number of ether oxygens (including phenoxy) is 1. The molecule has 19 heavy (non-hydrogen) atoms. The van der Waals surface area contributed by atoms with Crippen molar-refractivity contribution < 1.29 is 19.2 Å². The third-order valence-electron chi connectivity index (χ3n) is 2.27. The minimum absolute atomic E-state index is 0.0260. The quantitative estimate of drug-likeness (QED) is 0.871. The predicted octanol–water partition coefficient (Wildman–Crippen LogP) is 1.91. The number of halogens is 1. The Morgan fingerprint density at radius 3 is 2.95 bits per heavy atom. The number of benzene rings is 1. The number of aromatic nitrogens is 2. The van der Waals surface area contributed by atoms with E-state index in [4.69, 9.17) is 26.0 Å². The summed E-state index contributed by atoms with van der Waals surface area (Å²) in [6.07, 6.45) is 0.447. The number of nitrogens with zero attached hydrogens (tertiary/aromatic N) is 2. The Hall–Kier alpha value is -1.92. The molecule has 0 unspecified atom stereocenters. The van der Waals surface area contributed by atoms with E-state index >= 15 is 0 Å². The fourth-order valence-electron chi connectivity index (χ4n) is 1.46. The van der Waals surface area contributed by atoms with E-state index in [0.717, 1.165) is 5.56 Å². The van der Waals surface area contributed by atoms with Gasteiger partial charge in [0.25, 0.3) is 5.89 Å². The SMILES string of the molecule is O=C(O)COCc1nc(Cc2ccccc2Cl)no1. The molecule has 0 aliphatic carbocycles. The van der Waals surface area contributed by atoms with E-state index < -0.39 is 12.6 Å². The second-order valence-electron chi connectivity index (χ2n) is 3.76. The first-order chi connectivity index (χ1) is 9.15. The van der Waals surface area contributed by atoms with E-state index in [1.807, 2.05) is 18.2 Å². The molecular weight excluding hydrogens is 272 g/mol. The summed E-state index contributed by atoms with van der Waals surface area (Å²) in [5, 5.41) is 12.8. The summed E-state index contributed by atoms with van der Waals surface area (Å²) in [6, 6.07) is 7.37. The van der Waals surface area contributed by atoms with Crippen molar-refractivity contribution in [2.75, 3.05) is 6.61 Å². The Bertz CT molecular complexity index is 570. The maximum Gasteiger partial charge on any atom is 0.329 e. The zero-order chi connectivity index (χ0) is 13.7. The van der Waals surface area contributed by atoms with Crippen LogP contribution in [0.3, 0.4) is 0 Å². The van der Waals surface area contributed by atoms with Crippen molar-refractivity contribution in [3.8, 4) is 0 Å². The first-order valence-electron chi connectivity index (χ1n) is 5.49. The molecule has 1 aromatic heterocycles. The maximum absolute atomic E-state index is 10.3. The van der Waals surface area contributed by atoms with Crippen LogP contribution in [0.2, 0.25) is 5.02 Å². The summed E-state index contributed by atoms with van der Waals surface area (Å²) in [7, 11) is 0. The van der Waals surface area contributed by atoms with Gasteiger partial charge in [0.05, 0.1) is 0 Å². The molecule has 0 aliphatic rings. The first-order valence-corrected chi connectivity index (χ1v) is 5.87. The highest BCUT2D eigenvalue weighted by atomic mass is 35.5. The van der Waals surface area contributed by atoms with Gasteiger partial charge in [0.15, 0.2) is 5.82 Å². The lowest BCUT2D eigenvalue weighted by atomic mass is 10.1. The van der Waals surface area contributed by atoms with Crippen molar-refractivity contribution in [2.24, 2.45) is 0 Å². The summed E-state index contributed by atoms with van der Waals surface area (Å²) in [4.78, 5) is 14.4. The summed E-state index contributed by atoms with van der Waals surface area (Å²) in [5.74, 6) is -0.332. The van der Waals surface area contributed by atoms with Crippen LogP contribution >= 0.6 is 11.6 Å². The van der Waals surface area contributed by atoms with Crippen molar-refractivity contribution in [2.45, 2.75) is 13.0 Å². The van der Waals surface area contributed by atoms with Gasteiger partial charge in [0.1, 0.15) is 13.2 Å². The summed E-state index contributed by atoms with van der Waals surface area (Å²) < 4.78 is 9.78. The molecule has 0 aliphatic heterocycles. The van der Waals surface area contributed by atoms with Gasteiger partial charge >= 0.3 is 5.97 Å². The number of carbonyl (C=O) groups is 1. The van der Waals surface area contributed by atoms with E-state index in [2.05, 4.69) is 10.1 Å². The van der Waals surface area contributed by atoms with Crippen LogP contribution in [0.5, 0.6) is 0 Å². The van der Waals surface area contributed by atoms with Gasteiger partial charge in [0.2, 0.25) is 0 Å². The smallest absolute Gasteiger partial charge is 0.329 e. The molecule has 1 heterocycles. The standard InChI is InChI=1S/C12H11ClN2O4/c13-9-4-2-1-3-8(9)5-10-14-11(19-15-10)6-18-7-12(16)17/h1-4H,5-7H2,(H,16,17). The number of carboxylic acids is 1. The zero-order valence-electron chi connectivity index (χ0n) is 9.88. The molecule has 0 bridgehead atoms. The lowest BCUT2D eigenvalue weighted by Crippen LogP contribution is -2.06. The Morgan fingerprint density at radius 1 is 1.42 bits per heavy atom. The number of rotatable bonds is 6. The van der Waals surface area contributed by atoms with E-state index in [9.17, 15) is 4.79 Å². The molecule has 0 fully saturated rings. The number of aliphatic carboxylic acids is 1. The summed E-state index contributed by atoms with van der Waals surface area (Å²) in [6.45, 7) is -0.427. The normalized spacial score (nSPS) is 10.6. The molecule has 100 valence electrons. The molecule has 2 rings (SSSR count). The molecule has 0 spiro atoms. The highest BCUT2D eigenvalue weighted by Crippen LogP contribution is 2.17. The fourth-order valence-corrected chi connectivity index (χ4v) is 1.66. The topological polar surface area (TPSA) is 85.5 Å². The highest BCUT2D eigenvalue weighted by molar-refractivity contribution is 6.31. The maximum atomic E-state index is 10.3. The van der Waals surface area contributed by atoms with E-state index in [1.165, 1.54) is 0 Å². The van der Waals surface area contributed by atoms with Crippen LogP contribution in [0.1, 0.15) is 17.3 Å². The average Bonchev–Trinajstić information content (AvgIpc) is 2.79. The van der Waals surface area contributed by atoms with E-state index in [-0.39, 0.29) is 12.5 Å². The first kappa shape index (κ1) is 13.5. The van der Waals surface area contributed by atoms with Gasteiger partial charge < -0.3 is 14.4 Å². The Balaban J connectivity index is 1.94. The van der Waals surface area contributed by atoms with E-state index in [1.54, 1.807) is 6.07 Å². The highest BCUT2D eigenvalue weighted by Gasteiger charge is 2.09. The third-order valence-corrected chi connectivity index (χ3v) is 2.64. The minimum atomic E-state index is -1.05. The van der Waals surface area contributed by atoms with Crippen LogP contribution in [-0.2, 0) is 22.6 Å². The largest absolute Gasteiger partial charge is 0.480 e. The van der Waals surface area contributed by atoms with Gasteiger partial charge in [-0.05, 0) is 11.6 Å². The van der Waals surface area contributed by atoms with Crippen LogP contribution in [0, 0.1) is 0 Å². The molecule has 7 heteroatoms. The van der Waals surface area contributed by atoms with Gasteiger partial charge in [-0.3, -0.25) is 0 Å². The second kappa shape index (κ2) is 6.31. The molecule has 0 radical (unpaired) electrons. The monoisotopic (exact) mass is 282 g/mol. The van der Waals surface area contributed by atoms with Crippen molar-refractivity contribution >= 4 is 17.6 Å². The molecule has 0 atom stereocenters. The predicted molar refractivity (Wildman–Crippen MR) is 65.8 cm³/mol. The minimum Gasteiger partial charge on any atom is -0.480 e. The number of carboxylic acid groups (broad SMARTS) is 1. The van der Waals surface area contributed by atoms with Gasteiger partial charge in [-0.25, -0.2) is 4.79 Å². The molecule has 0 saturated carbocycles. The molecule has 1 aromatic carbocycles. The average molecular weight is 283 g/mol. The molecule has 0 saturated heterocycles. The van der Waals surface area contributed by atoms with Crippen molar-refractivity contribution in [1.29, 1.82) is 0 Å². The van der Waals surface area contributed by atoms with Gasteiger partial charge in [-0.1, -0.05) is 35.0 Å². The molecular formula is C12H11ClN2O4. The third kappa shape index (κ3) is 4.04. The number of hydrogen-bond acceptors (Lipinski definition) is 5. The fraction of sp³-hybridized carbons (Fsp3) is 0.250. The second-order valence-corrected chi connectivity index (χ2v) is 4.17. The zero-order valence-corrected chi connectivity index (χ0v) is 10.6. The van der Waals surface area contributed by atoms with Crippen LogP contribution < -0.4 is 0 Å². The van der Waals surface area contributed by atoms with Crippen molar-refractivity contribution in [3.05, 3.63) is 46.6 Å². The van der Waals surface area contributed by atoms with E-state index in [0.29, 0.717) is 17.3 Å². The van der Waals surface area contributed by atoms with Crippen LogP contribution in [0.4, 0.5) is 0 Å². The van der Waals surface area contributed by atoms with Gasteiger partial charge in [-0.2, -0.15) is 4.98 Å². The molecule has 1 N–H and O–H groups in total. The van der Waals surface area contributed by atoms with Gasteiger partial charge in [0, 0.05) is 11.4 Å². The lowest BCUT2D eigenvalue weighted by Gasteiger charge is -1.98. The van der Waals surface area contributed by atoms with Crippen molar-refractivity contribution in [1.82, 2.24) is 10.1 Å². The van der Waals surface area contributed by atoms with Crippen molar-refractivity contribution in [3.63, 3.8) is 0 Å². The van der Waals surface area contributed by atoms with Gasteiger partial charge in [-0.15, -0.1) is 0 Å². The molecule has 0 amide bonds. The van der Waals surface area contributed by atoms with Crippen LogP contribution in [-0.4, -0.2) is 27.8 Å². The number of hydrogen-bond donors (Lipinski definition) is 1. The molecule has 2 aromatic rings. The summed E-state index contributed by atoms with van der Waals surface area (Å²) in [5.41, 5.74) is 0.892.